The van der Waals surface area contributed by atoms with Crippen LogP contribution in [0.25, 0.3) is 0 Å². The summed E-state index contributed by atoms with van der Waals surface area (Å²) in [6.07, 6.45) is 0. The van der Waals surface area contributed by atoms with Gasteiger partial charge in [0.15, 0.2) is 0 Å². The maximum atomic E-state index is 5.36. The third-order valence-corrected chi connectivity index (χ3v) is 1.19. The summed E-state index contributed by atoms with van der Waals surface area (Å²) in [5.41, 5.74) is 5.36. The van der Waals surface area contributed by atoms with E-state index in [1.54, 1.807) is 0 Å². The molecule has 0 atom stereocenters. The Balaban J connectivity index is 0. The average Bonchev–Trinajstić information content (AvgIpc) is 1.91. The molecule has 0 bridgehead atoms. The number of likely N-dealkylation sites (N-methyl/N-ethyl adjacent to an activating group) is 1. The van der Waals surface area contributed by atoms with E-state index < -0.39 is 0 Å². The third kappa shape index (κ3) is 13.0. The number of nitrogens with two attached hydrogens (primary N) is 1. The van der Waals surface area contributed by atoms with Gasteiger partial charge in [0.25, 0.3) is 0 Å². The predicted molar refractivity (Wildman–Crippen MR) is 52.7 cm³/mol. The Morgan fingerprint density at radius 2 is 1.73 bits per heavy atom. The lowest BCUT2D eigenvalue weighted by Gasteiger charge is -2.17. The highest BCUT2D eigenvalue weighted by atomic mass is 15.1. The summed E-state index contributed by atoms with van der Waals surface area (Å²) in [7, 11) is 2.10. The average molecular weight is 160 g/mol. The Hall–Kier alpha value is -0.0800. The van der Waals surface area contributed by atoms with Crippen LogP contribution < -0.4 is 5.73 Å². The Kier molecular flexibility index (Phi) is 12.2. The molecule has 2 heteroatoms. The van der Waals surface area contributed by atoms with Crippen LogP contribution >= 0.6 is 0 Å². The molecule has 0 saturated carbocycles. The van der Waals surface area contributed by atoms with E-state index in [0.29, 0.717) is 0 Å². The lowest BCUT2D eigenvalue weighted by Crippen LogP contribution is -2.28. The molecule has 0 aliphatic carbocycles. The first kappa shape index (κ1) is 13.5. The summed E-state index contributed by atoms with van der Waals surface area (Å²) < 4.78 is 0. The first-order chi connectivity index (χ1) is 5.16. The molecule has 70 valence electrons. The second-order valence-corrected chi connectivity index (χ2v) is 2.94. The van der Waals surface area contributed by atoms with Gasteiger partial charge in [0.2, 0.25) is 0 Å². The smallest absolute Gasteiger partial charge is 0.0102 e. The fourth-order valence-corrected chi connectivity index (χ4v) is 0.935. The molecule has 0 fully saturated rings. The summed E-state index contributed by atoms with van der Waals surface area (Å²) in [5.74, 6) is 0.751. The van der Waals surface area contributed by atoms with Gasteiger partial charge < -0.3 is 10.6 Å². The lowest BCUT2D eigenvalue weighted by molar-refractivity contribution is 0.303. The van der Waals surface area contributed by atoms with Crippen LogP contribution in [0.3, 0.4) is 0 Å². The van der Waals surface area contributed by atoms with Gasteiger partial charge in [0.05, 0.1) is 0 Å². The molecule has 2 nitrogen and oxygen atoms in total. The molecule has 0 heterocycles. The molecule has 0 spiro atoms. The van der Waals surface area contributed by atoms with E-state index in [2.05, 4.69) is 25.8 Å². The van der Waals surface area contributed by atoms with Gasteiger partial charge in [-0.05, 0) is 13.0 Å². The van der Waals surface area contributed by atoms with Crippen molar-refractivity contribution >= 4 is 0 Å². The second kappa shape index (κ2) is 9.92. The van der Waals surface area contributed by atoms with Crippen molar-refractivity contribution in [2.75, 3.05) is 26.7 Å². The lowest BCUT2D eigenvalue weighted by atomic mass is 10.2. The quantitative estimate of drug-likeness (QED) is 0.676. The summed E-state index contributed by atoms with van der Waals surface area (Å²) in [6, 6.07) is 0. The normalized spacial score (nSPS) is 9.82. The van der Waals surface area contributed by atoms with Crippen molar-refractivity contribution in [3.63, 3.8) is 0 Å². The van der Waals surface area contributed by atoms with E-state index in [-0.39, 0.29) is 0 Å². The molecule has 0 aliphatic heterocycles. The highest BCUT2D eigenvalue weighted by Crippen LogP contribution is 1.93. The summed E-state index contributed by atoms with van der Waals surface area (Å²) in [4.78, 5) is 2.25. The van der Waals surface area contributed by atoms with Crippen molar-refractivity contribution < 1.29 is 0 Å². The molecule has 0 aromatic heterocycles. The molecule has 0 amide bonds. The van der Waals surface area contributed by atoms with E-state index in [0.717, 1.165) is 25.6 Å². The molecular formula is C9H24N2. The maximum absolute atomic E-state index is 5.36. The number of hydrogen-bond donors (Lipinski definition) is 1. The van der Waals surface area contributed by atoms with Crippen LogP contribution in [-0.4, -0.2) is 31.6 Å². The largest absolute Gasteiger partial charge is 0.329 e. The second-order valence-electron chi connectivity index (χ2n) is 2.94. The van der Waals surface area contributed by atoms with Crippen molar-refractivity contribution in [1.82, 2.24) is 4.90 Å². The van der Waals surface area contributed by atoms with Crippen LogP contribution in [0.1, 0.15) is 27.7 Å². The standard InChI is InChI=1S/C7H18N2.C2H6/c1-7(2)6-9(3)5-4-8;1-2/h7H,4-6,8H2,1-3H3;1-2H3. The van der Waals surface area contributed by atoms with Crippen LogP contribution in [0, 0.1) is 5.92 Å². The third-order valence-electron chi connectivity index (χ3n) is 1.19. The maximum Gasteiger partial charge on any atom is 0.0102 e. The molecule has 2 N–H and O–H groups in total. The monoisotopic (exact) mass is 160 g/mol. The van der Waals surface area contributed by atoms with Gasteiger partial charge in [-0.2, -0.15) is 0 Å². The van der Waals surface area contributed by atoms with Crippen LogP contribution in [-0.2, 0) is 0 Å². The fourth-order valence-electron chi connectivity index (χ4n) is 0.935. The van der Waals surface area contributed by atoms with Crippen LogP contribution in [0.5, 0.6) is 0 Å². The van der Waals surface area contributed by atoms with Gasteiger partial charge in [-0.25, -0.2) is 0 Å². The SMILES string of the molecule is CC.CC(C)CN(C)CCN. The van der Waals surface area contributed by atoms with E-state index in [1.165, 1.54) is 0 Å². The van der Waals surface area contributed by atoms with Crippen LogP contribution in [0.15, 0.2) is 0 Å². The zero-order chi connectivity index (χ0) is 9.28. The molecule has 0 aromatic carbocycles. The molecule has 11 heavy (non-hydrogen) atoms. The van der Waals surface area contributed by atoms with Gasteiger partial charge in [0, 0.05) is 19.6 Å². The first-order valence-corrected chi connectivity index (χ1v) is 4.55. The zero-order valence-corrected chi connectivity index (χ0v) is 8.72. The van der Waals surface area contributed by atoms with Crippen LogP contribution in [0.2, 0.25) is 0 Å². The molecule has 0 unspecified atom stereocenters. The van der Waals surface area contributed by atoms with Gasteiger partial charge in [-0.1, -0.05) is 27.7 Å². The number of rotatable bonds is 4. The van der Waals surface area contributed by atoms with E-state index in [4.69, 9.17) is 5.73 Å². The molecule has 0 saturated heterocycles. The summed E-state index contributed by atoms with van der Waals surface area (Å²) in [5, 5.41) is 0. The van der Waals surface area contributed by atoms with Crippen molar-refractivity contribution in [2.24, 2.45) is 11.7 Å². The van der Waals surface area contributed by atoms with E-state index in [9.17, 15) is 0 Å². The fraction of sp³-hybridized carbons (Fsp3) is 1.00. The highest BCUT2D eigenvalue weighted by molar-refractivity contribution is 4.53. The highest BCUT2D eigenvalue weighted by Gasteiger charge is 1.98. The topological polar surface area (TPSA) is 29.3 Å². The zero-order valence-electron chi connectivity index (χ0n) is 8.72. The predicted octanol–water partition coefficient (Wildman–Crippen LogP) is 1.56. The van der Waals surface area contributed by atoms with Crippen molar-refractivity contribution in [2.45, 2.75) is 27.7 Å². The van der Waals surface area contributed by atoms with Gasteiger partial charge in [0.1, 0.15) is 0 Å². The Morgan fingerprint density at radius 1 is 1.27 bits per heavy atom. The molecule has 0 rings (SSSR count). The summed E-state index contributed by atoms with van der Waals surface area (Å²) in [6.45, 7) is 11.4. The Labute approximate surface area is 71.8 Å². The minimum absolute atomic E-state index is 0.751. The van der Waals surface area contributed by atoms with Gasteiger partial charge in [-0.3, -0.25) is 0 Å². The van der Waals surface area contributed by atoms with Crippen molar-refractivity contribution in [3.05, 3.63) is 0 Å². The van der Waals surface area contributed by atoms with Crippen molar-refractivity contribution in [3.8, 4) is 0 Å². The molecule has 0 aliphatic rings. The molecule has 0 radical (unpaired) electrons. The summed E-state index contributed by atoms with van der Waals surface area (Å²) >= 11 is 0. The van der Waals surface area contributed by atoms with Crippen molar-refractivity contribution in [1.29, 1.82) is 0 Å². The minimum Gasteiger partial charge on any atom is -0.329 e. The number of hydrogen-bond acceptors (Lipinski definition) is 2. The van der Waals surface area contributed by atoms with Gasteiger partial charge >= 0.3 is 0 Å². The van der Waals surface area contributed by atoms with E-state index in [1.807, 2.05) is 13.8 Å². The Bertz CT molecular complexity index is 62.6. The van der Waals surface area contributed by atoms with Gasteiger partial charge in [-0.15, -0.1) is 0 Å². The molecule has 0 aromatic rings. The molecular weight excluding hydrogens is 136 g/mol. The Morgan fingerprint density at radius 3 is 2.00 bits per heavy atom. The number of nitrogens with zero attached hydrogens (tertiary/aromatic N) is 1. The van der Waals surface area contributed by atoms with E-state index >= 15 is 0 Å². The van der Waals surface area contributed by atoms with Crippen LogP contribution in [0.4, 0.5) is 0 Å². The minimum atomic E-state index is 0.751. The first-order valence-electron chi connectivity index (χ1n) is 4.55.